The van der Waals surface area contributed by atoms with Gasteiger partial charge in [-0.25, -0.2) is 14.8 Å². The molecule has 138 valence electrons. The van der Waals surface area contributed by atoms with Crippen molar-refractivity contribution in [3.05, 3.63) is 45.7 Å². The van der Waals surface area contributed by atoms with Gasteiger partial charge in [-0.15, -0.1) is 11.3 Å². The van der Waals surface area contributed by atoms with Gasteiger partial charge in [-0.1, -0.05) is 19.1 Å². The largest absolute Gasteiger partial charge is 0.438 e. The zero-order valence-corrected chi connectivity index (χ0v) is 14.8. The molecule has 1 unspecified atom stereocenters. The summed E-state index contributed by atoms with van der Waals surface area (Å²) in [6.45, 7) is 3.51. The summed E-state index contributed by atoms with van der Waals surface area (Å²) >= 11 is 1.04. The fourth-order valence-corrected chi connectivity index (χ4v) is 3.43. The first kappa shape index (κ1) is 18.4. The van der Waals surface area contributed by atoms with Crippen molar-refractivity contribution in [2.45, 2.75) is 39.0 Å². The van der Waals surface area contributed by atoms with Crippen molar-refractivity contribution in [2.75, 3.05) is 0 Å². The summed E-state index contributed by atoms with van der Waals surface area (Å²) in [5.41, 5.74) is 0.793. The van der Waals surface area contributed by atoms with Gasteiger partial charge in [-0.05, 0) is 31.9 Å². The van der Waals surface area contributed by atoms with E-state index in [2.05, 4.69) is 9.97 Å². The lowest BCUT2D eigenvalue weighted by molar-refractivity contribution is -0.213. The molecule has 2 heterocycles. The number of hydrogen-bond acceptors (Lipinski definition) is 6. The summed E-state index contributed by atoms with van der Waals surface area (Å²) in [7, 11) is 0. The number of benzene rings is 1. The minimum Gasteiger partial charge on any atom is -0.438 e. The van der Waals surface area contributed by atoms with E-state index in [1.54, 1.807) is 19.1 Å². The molecule has 0 amide bonds. The van der Waals surface area contributed by atoms with Gasteiger partial charge in [0, 0.05) is 0 Å². The molecule has 0 aliphatic heterocycles. The third-order valence-corrected chi connectivity index (χ3v) is 4.74. The Morgan fingerprint density at radius 3 is 2.69 bits per heavy atom. The molecule has 0 fully saturated rings. The molecule has 3 aromatic rings. The molecular formula is C17H15F3N2O3S. The van der Waals surface area contributed by atoms with Crippen molar-refractivity contribution in [2.24, 2.45) is 0 Å². The van der Waals surface area contributed by atoms with Crippen LogP contribution < -0.4 is 0 Å². The third kappa shape index (κ3) is 3.72. The first-order valence-corrected chi connectivity index (χ1v) is 8.70. The molecule has 5 nitrogen and oxygen atoms in total. The molecule has 0 saturated carbocycles. The smallest absolute Gasteiger partial charge is 0.434 e. The predicted octanol–water partition coefficient (Wildman–Crippen LogP) is 5.01. The number of thiazole rings is 1. The summed E-state index contributed by atoms with van der Waals surface area (Å²) in [6.07, 6.45) is -5.98. The highest BCUT2D eigenvalue weighted by atomic mass is 32.1. The van der Waals surface area contributed by atoms with Gasteiger partial charge in [0.15, 0.2) is 5.58 Å². The summed E-state index contributed by atoms with van der Waals surface area (Å²) < 4.78 is 50.2. The van der Waals surface area contributed by atoms with E-state index in [1.807, 2.05) is 6.92 Å². The molecule has 3 rings (SSSR count). The normalized spacial score (nSPS) is 13.1. The number of aryl methyl sites for hydroxylation is 2. The van der Waals surface area contributed by atoms with Crippen LogP contribution in [0.15, 0.2) is 28.7 Å². The van der Waals surface area contributed by atoms with Gasteiger partial charge in [0.1, 0.15) is 10.4 Å². The van der Waals surface area contributed by atoms with Gasteiger partial charge in [-0.3, -0.25) is 0 Å². The average Bonchev–Trinajstić information content (AvgIpc) is 3.14. The number of halogens is 3. The van der Waals surface area contributed by atoms with Crippen LogP contribution >= 0.6 is 11.3 Å². The highest BCUT2D eigenvalue weighted by Gasteiger charge is 2.48. The zero-order chi connectivity index (χ0) is 18.9. The van der Waals surface area contributed by atoms with E-state index < -0.39 is 24.1 Å². The summed E-state index contributed by atoms with van der Waals surface area (Å²) in [5.74, 6) is -1.80. The molecule has 0 saturated heterocycles. The van der Waals surface area contributed by atoms with Crippen molar-refractivity contribution in [1.29, 1.82) is 0 Å². The minimum atomic E-state index is -4.86. The van der Waals surface area contributed by atoms with Crippen molar-refractivity contribution in [3.8, 4) is 0 Å². The monoisotopic (exact) mass is 384 g/mol. The predicted molar refractivity (Wildman–Crippen MR) is 89.1 cm³/mol. The lowest BCUT2D eigenvalue weighted by Gasteiger charge is -2.17. The van der Waals surface area contributed by atoms with Gasteiger partial charge in [0.05, 0.1) is 10.7 Å². The quantitative estimate of drug-likeness (QED) is 0.579. The Morgan fingerprint density at radius 1 is 1.31 bits per heavy atom. The topological polar surface area (TPSA) is 65.2 Å². The van der Waals surface area contributed by atoms with Crippen LogP contribution in [-0.2, 0) is 11.2 Å². The summed E-state index contributed by atoms with van der Waals surface area (Å²) in [5, 5.41) is 0.683. The zero-order valence-electron chi connectivity index (χ0n) is 14.0. The summed E-state index contributed by atoms with van der Waals surface area (Å²) in [4.78, 5) is 20.4. The van der Waals surface area contributed by atoms with Crippen molar-refractivity contribution < 1.29 is 27.1 Å². The van der Waals surface area contributed by atoms with Crippen LogP contribution in [-0.4, -0.2) is 22.1 Å². The maximum atomic E-state index is 13.4. The van der Waals surface area contributed by atoms with Crippen LogP contribution in [0.2, 0.25) is 0 Å². The Morgan fingerprint density at radius 2 is 2.04 bits per heavy atom. The van der Waals surface area contributed by atoms with E-state index in [1.165, 1.54) is 12.1 Å². The number of hydrogen-bond donors (Lipinski definition) is 0. The highest BCUT2D eigenvalue weighted by molar-refractivity contribution is 7.13. The SMILES string of the molecule is CCCc1nc(C)c(C(=O)OC(c2nc3ccccc3o2)C(F)(F)F)s1. The molecule has 2 aromatic heterocycles. The molecule has 0 aliphatic carbocycles. The molecule has 0 bridgehead atoms. The maximum Gasteiger partial charge on any atom is 0.434 e. The van der Waals surface area contributed by atoms with Crippen molar-refractivity contribution in [3.63, 3.8) is 0 Å². The number of nitrogens with zero attached hydrogens (tertiary/aromatic N) is 2. The Labute approximate surface area is 150 Å². The van der Waals surface area contributed by atoms with Crippen molar-refractivity contribution in [1.82, 2.24) is 9.97 Å². The molecule has 0 N–H and O–H groups in total. The number of rotatable bonds is 5. The molecule has 0 radical (unpaired) electrons. The number of oxazole rings is 1. The van der Waals surface area contributed by atoms with Crippen LogP contribution in [0.3, 0.4) is 0 Å². The molecular weight excluding hydrogens is 369 g/mol. The molecule has 1 aromatic carbocycles. The maximum absolute atomic E-state index is 13.4. The number of aromatic nitrogens is 2. The van der Waals surface area contributed by atoms with Gasteiger partial charge in [-0.2, -0.15) is 13.2 Å². The van der Waals surface area contributed by atoms with Gasteiger partial charge < -0.3 is 9.15 Å². The number of para-hydroxylation sites is 2. The second-order valence-electron chi connectivity index (χ2n) is 5.62. The van der Waals surface area contributed by atoms with Gasteiger partial charge >= 0.3 is 12.1 Å². The van der Waals surface area contributed by atoms with E-state index in [9.17, 15) is 18.0 Å². The Bertz CT molecular complexity index is 900. The first-order valence-electron chi connectivity index (χ1n) is 7.89. The lowest BCUT2D eigenvalue weighted by atomic mass is 10.3. The number of carbonyl (C=O) groups is 1. The van der Waals surface area contributed by atoms with E-state index in [-0.39, 0.29) is 16.0 Å². The second kappa shape index (κ2) is 7.06. The van der Waals surface area contributed by atoms with E-state index in [0.717, 1.165) is 17.8 Å². The third-order valence-electron chi connectivity index (χ3n) is 3.55. The number of carbonyl (C=O) groups excluding carboxylic acids is 1. The second-order valence-corrected chi connectivity index (χ2v) is 6.70. The number of fused-ring (bicyclic) bond motifs is 1. The molecule has 0 spiro atoms. The average molecular weight is 384 g/mol. The molecule has 1 atom stereocenters. The van der Waals surface area contributed by atoms with Crippen LogP contribution in [0.25, 0.3) is 11.1 Å². The van der Waals surface area contributed by atoms with Crippen LogP contribution in [0.5, 0.6) is 0 Å². The van der Waals surface area contributed by atoms with E-state index >= 15 is 0 Å². The Kier molecular flexibility index (Phi) is 4.99. The fraction of sp³-hybridized carbons (Fsp3) is 0.353. The lowest BCUT2D eigenvalue weighted by Crippen LogP contribution is -2.26. The fourth-order valence-electron chi connectivity index (χ4n) is 2.38. The van der Waals surface area contributed by atoms with Gasteiger partial charge in [0.2, 0.25) is 5.89 Å². The molecule has 9 heteroatoms. The number of esters is 1. The minimum absolute atomic E-state index is 0.0545. The van der Waals surface area contributed by atoms with Crippen LogP contribution in [0.4, 0.5) is 13.2 Å². The highest BCUT2D eigenvalue weighted by Crippen LogP contribution is 2.38. The van der Waals surface area contributed by atoms with E-state index in [0.29, 0.717) is 17.1 Å². The molecule has 26 heavy (non-hydrogen) atoms. The van der Waals surface area contributed by atoms with Crippen LogP contribution in [0.1, 0.15) is 45.7 Å². The molecule has 0 aliphatic rings. The first-order chi connectivity index (χ1) is 12.3. The standard InChI is InChI=1S/C17H15F3N2O3S/c1-3-6-12-21-9(2)13(26-12)16(23)25-14(17(18,19)20)15-22-10-7-4-5-8-11(10)24-15/h4-5,7-8,14H,3,6H2,1-2H3. The summed E-state index contributed by atoms with van der Waals surface area (Å²) in [6, 6.07) is 6.24. The van der Waals surface area contributed by atoms with Crippen LogP contribution in [0, 0.1) is 6.92 Å². The Balaban J connectivity index is 1.90. The number of alkyl halides is 3. The van der Waals surface area contributed by atoms with Crippen molar-refractivity contribution >= 4 is 28.4 Å². The van der Waals surface area contributed by atoms with E-state index in [4.69, 9.17) is 9.15 Å². The number of ether oxygens (including phenoxy) is 1. The van der Waals surface area contributed by atoms with Gasteiger partial charge in [0.25, 0.3) is 6.10 Å². The Hall–Kier alpha value is -2.42.